The van der Waals surface area contributed by atoms with E-state index in [2.05, 4.69) is 15.5 Å². The van der Waals surface area contributed by atoms with E-state index in [1.54, 1.807) is 39.9 Å². The highest BCUT2D eigenvalue weighted by Crippen LogP contribution is 2.25. The maximum Gasteiger partial charge on any atom is 0.243 e. The molecular weight excluding hydrogens is 392 g/mol. The average Bonchev–Trinajstić information content (AvgIpc) is 3.16. The van der Waals surface area contributed by atoms with Crippen molar-refractivity contribution < 1.29 is 8.42 Å². The number of hydrogen-bond acceptors (Lipinski definition) is 6. The summed E-state index contributed by atoms with van der Waals surface area (Å²) in [5.74, 6) is 0. The maximum atomic E-state index is 12.7. The summed E-state index contributed by atoms with van der Waals surface area (Å²) in [7, 11) is -3.41. The number of nitrogens with zero attached hydrogens (tertiary/aromatic N) is 3. The van der Waals surface area contributed by atoms with E-state index in [-0.39, 0.29) is 0 Å². The smallest absolute Gasteiger partial charge is 0.243 e. The van der Waals surface area contributed by atoms with Crippen LogP contribution >= 0.6 is 11.3 Å². The van der Waals surface area contributed by atoms with Crippen LogP contribution in [0.5, 0.6) is 0 Å². The molecule has 0 unspecified atom stereocenters. The van der Waals surface area contributed by atoms with Crippen LogP contribution in [0.4, 0.5) is 5.13 Å². The van der Waals surface area contributed by atoms with Gasteiger partial charge in [-0.1, -0.05) is 42.0 Å². The van der Waals surface area contributed by atoms with Crippen LogP contribution in [-0.2, 0) is 10.0 Å². The number of rotatable bonds is 5. The van der Waals surface area contributed by atoms with Gasteiger partial charge in [-0.15, -0.1) is 0 Å². The van der Waals surface area contributed by atoms with Crippen molar-refractivity contribution in [3.63, 3.8) is 0 Å². The van der Waals surface area contributed by atoms with Crippen LogP contribution in [0.15, 0.2) is 58.5 Å². The molecule has 1 aromatic heterocycles. The monoisotopic (exact) mass is 414 g/mol. The molecule has 0 radical (unpaired) electrons. The molecule has 4 rings (SSSR count). The second-order valence-corrected chi connectivity index (χ2v) is 9.75. The van der Waals surface area contributed by atoms with Gasteiger partial charge in [0.25, 0.3) is 0 Å². The lowest BCUT2D eigenvalue weighted by atomic mass is 10.1. The minimum Gasteiger partial charge on any atom is -0.252 e. The molecule has 1 fully saturated rings. The van der Waals surface area contributed by atoms with E-state index < -0.39 is 10.0 Å². The number of anilines is 1. The van der Waals surface area contributed by atoms with Crippen LogP contribution < -0.4 is 5.43 Å². The lowest BCUT2D eigenvalue weighted by molar-refractivity contribution is 0.346. The summed E-state index contributed by atoms with van der Waals surface area (Å²) in [5, 5.41) is 5.12. The molecule has 1 saturated heterocycles. The fourth-order valence-electron chi connectivity index (χ4n) is 3.24. The van der Waals surface area contributed by atoms with Gasteiger partial charge in [0.15, 0.2) is 0 Å². The van der Waals surface area contributed by atoms with Crippen molar-refractivity contribution in [2.24, 2.45) is 5.10 Å². The van der Waals surface area contributed by atoms with E-state index in [9.17, 15) is 8.42 Å². The van der Waals surface area contributed by atoms with Crippen molar-refractivity contribution in [2.75, 3.05) is 18.5 Å². The largest absolute Gasteiger partial charge is 0.252 e. The van der Waals surface area contributed by atoms with Crippen molar-refractivity contribution in [1.29, 1.82) is 0 Å². The van der Waals surface area contributed by atoms with Gasteiger partial charge in [-0.05, 0) is 49.6 Å². The summed E-state index contributed by atoms with van der Waals surface area (Å²) < 4.78 is 28.2. The second-order valence-electron chi connectivity index (χ2n) is 6.78. The molecule has 0 amide bonds. The molecule has 1 aliphatic rings. The van der Waals surface area contributed by atoms with Crippen LogP contribution in [0.1, 0.15) is 31.7 Å². The normalized spacial score (nSPS) is 16.4. The van der Waals surface area contributed by atoms with Gasteiger partial charge in [0.2, 0.25) is 15.2 Å². The minimum absolute atomic E-state index is 0.338. The van der Waals surface area contributed by atoms with Crippen LogP contribution in [0.3, 0.4) is 0 Å². The van der Waals surface area contributed by atoms with E-state index in [1.807, 2.05) is 31.2 Å². The number of benzene rings is 2. The lowest BCUT2D eigenvalue weighted by Gasteiger charge is -2.25. The van der Waals surface area contributed by atoms with E-state index in [4.69, 9.17) is 0 Å². The van der Waals surface area contributed by atoms with E-state index in [1.165, 1.54) is 0 Å². The molecule has 28 heavy (non-hydrogen) atoms. The Kier molecular flexibility index (Phi) is 5.43. The van der Waals surface area contributed by atoms with E-state index >= 15 is 0 Å². The number of hydrazone groups is 1. The highest BCUT2D eigenvalue weighted by molar-refractivity contribution is 7.89. The molecule has 6 nitrogen and oxygen atoms in total. The molecular formula is C20H22N4O2S2. The first-order valence-electron chi connectivity index (χ1n) is 9.30. The Labute approximate surface area is 169 Å². The summed E-state index contributed by atoms with van der Waals surface area (Å²) >= 11 is 1.54. The van der Waals surface area contributed by atoms with Crippen LogP contribution in [0, 0.1) is 0 Å². The first-order valence-corrected chi connectivity index (χ1v) is 11.6. The predicted molar refractivity (Wildman–Crippen MR) is 115 cm³/mol. The summed E-state index contributed by atoms with van der Waals surface area (Å²) in [5.41, 5.74) is 5.57. The van der Waals surface area contributed by atoms with Gasteiger partial charge in [-0.25, -0.2) is 13.4 Å². The Hall–Kier alpha value is -2.29. The summed E-state index contributed by atoms with van der Waals surface area (Å²) in [6, 6.07) is 14.9. The molecule has 0 saturated carbocycles. The molecule has 1 aliphatic heterocycles. The Balaban J connectivity index is 1.48. The SMILES string of the molecule is C/C(=N/Nc1nc2ccccc2s1)c1ccc(S(=O)(=O)N2CCCCC2)cc1. The number of hydrogen-bond donors (Lipinski definition) is 1. The summed E-state index contributed by atoms with van der Waals surface area (Å²) in [6.45, 7) is 3.10. The molecule has 146 valence electrons. The van der Waals surface area contributed by atoms with Crippen LogP contribution in [-0.4, -0.2) is 36.5 Å². The quantitative estimate of drug-likeness (QED) is 0.499. The Morgan fingerprint density at radius 3 is 2.50 bits per heavy atom. The van der Waals surface area contributed by atoms with Gasteiger partial charge in [-0.2, -0.15) is 9.41 Å². The van der Waals surface area contributed by atoms with E-state index in [0.717, 1.165) is 45.9 Å². The average molecular weight is 415 g/mol. The molecule has 8 heteroatoms. The second kappa shape index (κ2) is 7.98. The number of nitrogens with one attached hydrogen (secondary N) is 1. The molecule has 2 heterocycles. The van der Waals surface area contributed by atoms with Gasteiger partial charge in [0.1, 0.15) is 0 Å². The zero-order valence-corrected chi connectivity index (χ0v) is 17.3. The fraction of sp³-hybridized carbons (Fsp3) is 0.300. The van der Waals surface area contributed by atoms with E-state index in [0.29, 0.717) is 18.0 Å². The molecule has 0 bridgehead atoms. The van der Waals surface area contributed by atoms with Crippen molar-refractivity contribution in [1.82, 2.24) is 9.29 Å². The Bertz CT molecular complexity index is 1070. The number of para-hydroxylation sites is 1. The van der Waals surface area contributed by atoms with Crippen LogP contribution in [0.25, 0.3) is 10.2 Å². The molecule has 0 aliphatic carbocycles. The van der Waals surface area contributed by atoms with Gasteiger partial charge < -0.3 is 0 Å². The topological polar surface area (TPSA) is 74.7 Å². The van der Waals surface area contributed by atoms with Gasteiger partial charge in [0.05, 0.1) is 20.8 Å². The van der Waals surface area contributed by atoms with Gasteiger partial charge in [-0.3, -0.25) is 5.43 Å². The number of thiazole rings is 1. The number of fused-ring (bicyclic) bond motifs is 1. The lowest BCUT2D eigenvalue weighted by Crippen LogP contribution is -2.35. The summed E-state index contributed by atoms with van der Waals surface area (Å²) in [6.07, 6.45) is 2.96. The third-order valence-electron chi connectivity index (χ3n) is 4.84. The standard InChI is InChI=1S/C20H22N4O2S2/c1-15(22-23-20-21-18-7-3-4-8-19(18)27-20)16-9-11-17(12-10-16)28(25,26)24-13-5-2-6-14-24/h3-4,7-12H,2,5-6,13-14H2,1H3,(H,21,23)/b22-15-. The molecule has 0 spiro atoms. The Morgan fingerprint density at radius 2 is 1.79 bits per heavy atom. The molecule has 2 aromatic carbocycles. The minimum atomic E-state index is -3.41. The number of piperidine rings is 1. The maximum absolute atomic E-state index is 12.7. The molecule has 3 aromatic rings. The predicted octanol–water partition coefficient (Wildman–Crippen LogP) is 4.31. The third-order valence-corrected chi connectivity index (χ3v) is 7.69. The molecule has 1 N–H and O–H groups in total. The van der Waals surface area contributed by atoms with Crippen molar-refractivity contribution in [2.45, 2.75) is 31.1 Å². The Morgan fingerprint density at radius 1 is 1.07 bits per heavy atom. The fourth-order valence-corrected chi connectivity index (χ4v) is 5.56. The van der Waals surface area contributed by atoms with Crippen molar-refractivity contribution in [3.05, 3.63) is 54.1 Å². The third kappa shape index (κ3) is 3.94. The van der Waals surface area contributed by atoms with Gasteiger partial charge in [0, 0.05) is 13.1 Å². The van der Waals surface area contributed by atoms with Gasteiger partial charge >= 0.3 is 0 Å². The van der Waals surface area contributed by atoms with Crippen LogP contribution in [0.2, 0.25) is 0 Å². The zero-order chi connectivity index (χ0) is 19.6. The molecule has 0 atom stereocenters. The summed E-state index contributed by atoms with van der Waals surface area (Å²) in [4.78, 5) is 4.83. The zero-order valence-electron chi connectivity index (χ0n) is 15.6. The number of aromatic nitrogens is 1. The number of sulfonamides is 1. The first kappa shape index (κ1) is 19.0. The van der Waals surface area contributed by atoms with Crippen molar-refractivity contribution in [3.8, 4) is 0 Å². The highest BCUT2D eigenvalue weighted by atomic mass is 32.2. The first-order chi connectivity index (χ1) is 13.5. The van der Waals surface area contributed by atoms with Crippen molar-refractivity contribution >= 4 is 42.4 Å². The highest BCUT2D eigenvalue weighted by Gasteiger charge is 2.25.